The predicted octanol–water partition coefficient (Wildman–Crippen LogP) is 4.49. The van der Waals surface area contributed by atoms with Crippen LogP contribution in [0.1, 0.15) is 31.4 Å². The summed E-state index contributed by atoms with van der Waals surface area (Å²) in [6, 6.07) is 7.93. The Morgan fingerprint density at radius 3 is 2.68 bits per heavy atom. The van der Waals surface area contributed by atoms with Crippen LogP contribution in [0.25, 0.3) is 0 Å². The molecule has 8 nitrogen and oxygen atoms in total. The van der Waals surface area contributed by atoms with E-state index >= 15 is 0 Å². The molecule has 0 aromatic heterocycles. The summed E-state index contributed by atoms with van der Waals surface area (Å²) in [5.74, 6) is 0.991. The number of ether oxygens (including phenoxy) is 4. The number of nitrogens with zero attached hydrogens (tertiary/aromatic N) is 2. The van der Waals surface area contributed by atoms with E-state index in [0.717, 1.165) is 54.5 Å². The van der Waals surface area contributed by atoms with Crippen molar-refractivity contribution in [3.05, 3.63) is 64.4 Å². The first-order valence-corrected chi connectivity index (χ1v) is 13.8. The van der Waals surface area contributed by atoms with Gasteiger partial charge in [-0.15, -0.1) is 0 Å². The Kier molecular flexibility index (Phi) is 10.5. The summed E-state index contributed by atoms with van der Waals surface area (Å²) >= 11 is 6.35. The third kappa shape index (κ3) is 6.91. The van der Waals surface area contributed by atoms with Crippen molar-refractivity contribution in [1.82, 2.24) is 15.1 Å². The normalized spacial score (nSPS) is 22.2. The lowest BCUT2D eigenvalue weighted by Crippen LogP contribution is -2.42. The number of carbonyl (C=O) groups is 1. The molecular weight excluding hydrogens is 506 g/mol. The second kappa shape index (κ2) is 14.0. The molecule has 4 rings (SSSR count). The molecule has 0 spiro atoms. The molecular formula is C29H40ClN3O5. The van der Waals surface area contributed by atoms with Crippen molar-refractivity contribution in [3.63, 3.8) is 0 Å². The lowest BCUT2D eigenvalue weighted by Gasteiger charge is -2.37. The molecule has 1 N–H and O–H groups in total. The van der Waals surface area contributed by atoms with Crippen LogP contribution in [-0.4, -0.2) is 88.8 Å². The van der Waals surface area contributed by atoms with Gasteiger partial charge in [0.05, 0.1) is 32.5 Å². The Morgan fingerprint density at radius 2 is 1.95 bits per heavy atom. The molecule has 1 amide bonds. The number of carbonyl (C=O) groups excluding carboxylic acids is 1. The number of rotatable bonds is 13. The summed E-state index contributed by atoms with van der Waals surface area (Å²) in [7, 11) is 3.44. The van der Waals surface area contributed by atoms with Gasteiger partial charge in [-0.25, -0.2) is 4.79 Å². The Labute approximate surface area is 231 Å². The van der Waals surface area contributed by atoms with E-state index in [1.807, 2.05) is 36.1 Å². The molecule has 38 heavy (non-hydrogen) atoms. The van der Waals surface area contributed by atoms with E-state index in [1.165, 1.54) is 5.57 Å². The average molecular weight is 546 g/mol. The number of amides is 1. The van der Waals surface area contributed by atoms with E-state index in [1.54, 1.807) is 14.2 Å². The number of hydrogen-bond donors (Lipinski definition) is 1. The topological polar surface area (TPSA) is 72.5 Å². The molecule has 0 bridgehead atoms. The number of hydrogen-bond acceptors (Lipinski definition) is 7. The molecule has 2 heterocycles. The highest BCUT2D eigenvalue weighted by atomic mass is 35.5. The highest BCUT2D eigenvalue weighted by Crippen LogP contribution is 2.45. The van der Waals surface area contributed by atoms with Crippen molar-refractivity contribution in [2.24, 2.45) is 5.92 Å². The zero-order valence-electron chi connectivity index (χ0n) is 22.7. The molecule has 2 aliphatic heterocycles. The summed E-state index contributed by atoms with van der Waals surface area (Å²) in [4.78, 5) is 17.1. The molecule has 0 radical (unpaired) electrons. The first kappa shape index (κ1) is 28.5. The molecule has 208 valence electrons. The average Bonchev–Trinajstić information content (AvgIpc) is 3.29. The van der Waals surface area contributed by atoms with Crippen molar-refractivity contribution in [1.29, 1.82) is 0 Å². The van der Waals surface area contributed by atoms with Gasteiger partial charge in [-0.3, -0.25) is 9.80 Å². The quantitative estimate of drug-likeness (QED) is 0.366. The van der Waals surface area contributed by atoms with E-state index in [2.05, 4.69) is 28.4 Å². The van der Waals surface area contributed by atoms with Crippen molar-refractivity contribution in [2.45, 2.75) is 31.8 Å². The number of methoxy groups -OCH3 is 2. The molecule has 1 aromatic rings. The molecule has 0 saturated heterocycles. The van der Waals surface area contributed by atoms with Crippen LogP contribution in [0.15, 0.2) is 58.8 Å². The monoisotopic (exact) mass is 545 g/mol. The number of benzene rings is 1. The maximum atomic E-state index is 13.0. The number of allylic oxidation sites excluding steroid dienone is 2. The van der Waals surface area contributed by atoms with Gasteiger partial charge < -0.3 is 24.3 Å². The van der Waals surface area contributed by atoms with E-state index in [-0.39, 0.29) is 24.1 Å². The van der Waals surface area contributed by atoms with Gasteiger partial charge in [-0.1, -0.05) is 35.9 Å². The van der Waals surface area contributed by atoms with E-state index < -0.39 is 0 Å². The van der Waals surface area contributed by atoms with E-state index in [4.69, 9.17) is 30.5 Å². The Hall–Kier alpha value is -2.52. The summed E-state index contributed by atoms with van der Waals surface area (Å²) < 4.78 is 22.1. The SMILES string of the molecule is CCOC(=O)N1CCC2=C(NC3C=CC(Cl)=CC23)C1c1cccc(OCCCN(CCOC)CCOC)c1. The van der Waals surface area contributed by atoms with Crippen LogP contribution in [0.4, 0.5) is 4.79 Å². The van der Waals surface area contributed by atoms with Crippen LogP contribution in [-0.2, 0) is 14.2 Å². The second-order valence-electron chi connectivity index (χ2n) is 9.69. The smallest absolute Gasteiger partial charge is 0.410 e. The molecule has 1 aliphatic carbocycles. The van der Waals surface area contributed by atoms with Crippen molar-refractivity contribution in [3.8, 4) is 5.75 Å². The fraction of sp³-hybridized carbons (Fsp3) is 0.552. The van der Waals surface area contributed by atoms with Crippen LogP contribution in [0, 0.1) is 5.92 Å². The van der Waals surface area contributed by atoms with Crippen LogP contribution in [0.5, 0.6) is 5.75 Å². The maximum absolute atomic E-state index is 13.0. The fourth-order valence-electron chi connectivity index (χ4n) is 5.41. The standard InChI is InChI=1S/C29H40ClN3O5/c1-4-37-29(34)33-13-11-24-25-20-22(30)9-10-26(25)31-27(24)28(33)21-7-5-8-23(19-21)38-16-6-12-32(14-17-35-2)15-18-36-3/h5,7-10,19-20,25-26,28,31H,4,6,11-18H2,1-3H3. The Balaban J connectivity index is 1.48. The van der Waals surface area contributed by atoms with Gasteiger partial charge in [-0.05, 0) is 49.1 Å². The zero-order valence-corrected chi connectivity index (χ0v) is 23.4. The van der Waals surface area contributed by atoms with E-state index in [0.29, 0.717) is 33.0 Å². The Morgan fingerprint density at radius 1 is 1.16 bits per heavy atom. The van der Waals surface area contributed by atoms with Gasteiger partial charge in [0.15, 0.2) is 0 Å². The number of nitrogens with one attached hydrogen (secondary N) is 1. The molecule has 0 fully saturated rings. The first-order valence-electron chi connectivity index (χ1n) is 13.5. The van der Waals surface area contributed by atoms with Crippen molar-refractivity contribution < 1.29 is 23.7 Å². The molecule has 9 heteroatoms. The predicted molar refractivity (Wildman–Crippen MR) is 148 cm³/mol. The second-order valence-corrected chi connectivity index (χ2v) is 10.1. The summed E-state index contributed by atoms with van der Waals surface area (Å²) in [6.45, 7) is 7.36. The van der Waals surface area contributed by atoms with Gasteiger partial charge in [-0.2, -0.15) is 0 Å². The number of fused-ring (bicyclic) bond motifs is 2. The summed E-state index contributed by atoms with van der Waals surface area (Å²) in [5.41, 5.74) is 3.37. The van der Waals surface area contributed by atoms with Crippen LogP contribution < -0.4 is 10.1 Å². The summed E-state index contributed by atoms with van der Waals surface area (Å²) in [5, 5.41) is 4.44. The maximum Gasteiger partial charge on any atom is 0.410 e. The van der Waals surface area contributed by atoms with Crippen LogP contribution in [0.2, 0.25) is 0 Å². The van der Waals surface area contributed by atoms with Crippen LogP contribution >= 0.6 is 11.6 Å². The Bertz CT molecular complexity index is 1030. The van der Waals surface area contributed by atoms with Gasteiger partial charge in [0.25, 0.3) is 0 Å². The minimum absolute atomic E-state index is 0.144. The molecule has 1 aromatic carbocycles. The van der Waals surface area contributed by atoms with Gasteiger partial charge >= 0.3 is 6.09 Å². The molecule has 3 aliphatic rings. The van der Waals surface area contributed by atoms with Gasteiger partial charge in [0.1, 0.15) is 11.8 Å². The molecule has 3 unspecified atom stereocenters. The van der Waals surface area contributed by atoms with Gasteiger partial charge in [0.2, 0.25) is 0 Å². The third-order valence-corrected chi connectivity index (χ3v) is 7.50. The minimum atomic E-state index is -0.302. The molecule has 3 atom stereocenters. The van der Waals surface area contributed by atoms with E-state index in [9.17, 15) is 4.79 Å². The highest BCUT2D eigenvalue weighted by Gasteiger charge is 2.43. The largest absolute Gasteiger partial charge is 0.494 e. The zero-order chi connectivity index (χ0) is 26.9. The first-order chi connectivity index (χ1) is 18.5. The third-order valence-electron chi connectivity index (χ3n) is 7.25. The minimum Gasteiger partial charge on any atom is -0.494 e. The fourth-order valence-corrected chi connectivity index (χ4v) is 5.62. The lowest BCUT2D eigenvalue weighted by atomic mass is 9.85. The van der Waals surface area contributed by atoms with Gasteiger partial charge in [0, 0.05) is 57.0 Å². The summed E-state index contributed by atoms with van der Waals surface area (Å²) in [6.07, 6.45) is 7.53. The van der Waals surface area contributed by atoms with Crippen LogP contribution in [0.3, 0.4) is 0 Å². The van der Waals surface area contributed by atoms with Crippen molar-refractivity contribution in [2.75, 3.05) is 66.8 Å². The lowest BCUT2D eigenvalue weighted by molar-refractivity contribution is 0.0921. The highest BCUT2D eigenvalue weighted by molar-refractivity contribution is 6.31. The molecule has 0 saturated carbocycles. The number of halogens is 1. The van der Waals surface area contributed by atoms with Crippen molar-refractivity contribution >= 4 is 17.7 Å².